The molecule has 2 aliphatic rings. The summed E-state index contributed by atoms with van der Waals surface area (Å²) in [6.07, 6.45) is 0.726. The van der Waals surface area contributed by atoms with E-state index < -0.39 is 12.1 Å². The van der Waals surface area contributed by atoms with E-state index in [1.54, 1.807) is 24.3 Å². The highest BCUT2D eigenvalue weighted by Gasteiger charge is 2.42. The molecule has 4 atom stereocenters. The molecule has 7 nitrogen and oxygen atoms in total. The van der Waals surface area contributed by atoms with Gasteiger partial charge in [-0.3, -0.25) is 4.90 Å². The van der Waals surface area contributed by atoms with Gasteiger partial charge in [-0.15, -0.1) is 0 Å². The van der Waals surface area contributed by atoms with Gasteiger partial charge in [-0.05, 0) is 49.8 Å². The summed E-state index contributed by atoms with van der Waals surface area (Å²) in [4.78, 5) is 14.1. The Morgan fingerprint density at radius 2 is 2.07 bits per heavy atom. The van der Waals surface area contributed by atoms with E-state index in [0.29, 0.717) is 23.1 Å². The van der Waals surface area contributed by atoms with E-state index in [0.717, 1.165) is 43.9 Å². The molecule has 1 aromatic heterocycles. The van der Waals surface area contributed by atoms with Crippen LogP contribution in [0.25, 0.3) is 0 Å². The fraction of sp³-hybridized carbons (Fsp3) is 0.524. The van der Waals surface area contributed by atoms with Crippen LogP contribution in [0, 0.1) is 18.8 Å². The molecule has 2 heterocycles. The van der Waals surface area contributed by atoms with Gasteiger partial charge in [-0.25, -0.2) is 4.79 Å². The molecule has 0 unspecified atom stereocenters. The monoisotopic (exact) mass is 386 g/mol. The van der Waals surface area contributed by atoms with Crippen LogP contribution in [0.3, 0.4) is 0 Å². The summed E-state index contributed by atoms with van der Waals surface area (Å²) in [6.45, 7) is 4.59. The number of methoxy groups -OCH3 is 1. The highest BCUT2D eigenvalue weighted by Crippen LogP contribution is 2.38. The lowest BCUT2D eigenvalue weighted by atomic mass is 9.78. The number of fused-ring (bicyclic) bond motifs is 1. The molecule has 1 aliphatic heterocycles. The number of aromatic nitrogens is 1. The molecule has 4 rings (SSSR count). The normalized spacial score (nSPS) is 27.4. The molecule has 0 bridgehead atoms. The minimum Gasteiger partial charge on any atom is -0.488 e. The van der Waals surface area contributed by atoms with Gasteiger partial charge in [0.2, 0.25) is 0 Å². The molecular weight excluding hydrogens is 360 g/mol. The topological polar surface area (TPSA) is 85.0 Å². The molecule has 0 amide bonds. The number of esters is 1. The number of nitrogens with zero attached hydrogens (tertiary/aromatic N) is 2. The fourth-order valence-corrected chi connectivity index (χ4v) is 4.45. The van der Waals surface area contributed by atoms with Gasteiger partial charge in [0.15, 0.2) is 0 Å². The zero-order valence-electron chi connectivity index (χ0n) is 16.2. The third kappa shape index (κ3) is 4.05. The van der Waals surface area contributed by atoms with Gasteiger partial charge in [0.25, 0.3) is 0 Å². The van der Waals surface area contributed by atoms with Gasteiger partial charge in [0.05, 0.1) is 24.5 Å². The van der Waals surface area contributed by atoms with Crippen LogP contribution < -0.4 is 4.74 Å². The van der Waals surface area contributed by atoms with Crippen LogP contribution in [0.2, 0.25) is 0 Å². The maximum Gasteiger partial charge on any atom is 0.337 e. The Morgan fingerprint density at radius 3 is 2.79 bits per heavy atom. The van der Waals surface area contributed by atoms with E-state index in [2.05, 4.69) is 10.1 Å². The van der Waals surface area contributed by atoms with Crippen molar-refractivity contribution in [3.63, 3.8) is 0 Å². The number of hydrogen-bond acceptors (Lipinski definition) is 7. The van der Waals surface area contributed by atoms with E-state index >= 15 is 0 Å². The standard InChI is InChI=1S/C21H26N2O5/c1-13-6-17(22-28-13)12-23-10-15-8-19(24)20(9-16(15)11-23)27-18-5-3-4-14(7-18)21(25)26-2/h3-7,15-16,19-20,24H,8-12H2,1-2H3/t15-,16+,19+,20+/m0/s1. The second-order valence-corrected chi connectivity index (χ2v) is 7.86. The van der Waals surface area contributed by atoms with Crippen molar-refractivity contribution >= 4 is 5.97 Å². The van der Waals surface area contributed by atoms with Crippen LogP contribution in [0.1, 0.15) is 34.7 Å². The summed E-state index contributed by atoms with van der Waals surface area (Å²) in [5.74, 6) is 1.95. The summed E-state index contributed by atoms with van der Waals surface area (Å²) in [7, 11) is 1.35. The van der Waals surface area contributed by atoms with Crippen LogP contribution in [0.5, 0.6) is 5.75 Å². The first-order chi connectivity index (χ1) is 13.5. The minimum atomic E-state index is -0.516. The van der Waals surface area contributed by atoms with E-state index in [1.165, 1.54) is 7.11 Å². The van der Waals surface area contributed by atoms with Crippen molar-refractivity contribution in [2.45, 2.75) is 38.5 Å². The third-order valence-electron chi connectivity index (χ3n) is 5.77. The Kier molecular flexibility index (Phi) is 5.37. The smallest absolute Gasteiger partial charge is 0.337 e. The molecule has 28 heavy (non-hydrogen) atoms. The molecule has 0 radical (unpaired) electrons. The van der Waals surface area contributed by atoms with Crippen LogP contribution in [0.4, 0.5) is 0 Å². The average molecular weight is 386 g/mol. The van der Waals surface area contributed by atoms with Gasteiger partial charge in [-0.1, -0.05) is 11.2 Å². The summed E-state index contributed by atoms with van der Waals surface area (Å²) in [6, 6.07) is 8.89. The Labute approximate surface area is 164 Å². The number of carbonyl (C=O) groups is 1. The predicted octanol–water partition coefficient (Wildman–Crippen LogP) is 2.42. The Bertz CT molecular complexity index is 836. The van der Waals surface area contributed by atoms with E-state index in [9.17, 15) is 9.90 Å². The van der Waals surface area contributed by atoms with Crippen LogP contribution in [-0.2, 0) is 11.3 Å². The minimum absolute atomic E-state index is 0.275. The quantitative estimate of drug-likeness (QED) is 0.790. The Balaban J connectivity index is 1.38. The molecule has 2 aromatic rings. The second-order valence-electron chi connectivity index (χ2n) is 7.86. The largest absolute Gasteiger partial charge is 0.488 e. The number of aliphatic hydroxyl groups excluding tert-OH is 1. The second kappa shape index (κ2) is 7.93. The van der Waals surface area contributed by atoms with Crippen molar-refractivity contribution in [1.82, 2.24) is 10.1 Å². The molecule has 2 fully saturated rings. The first-order valence-corrected chi connectivity index (χ1v) is 9.69. The van der Waals surface area contributed by atoms with Crippen molar-refractivity contribution in [3.8, 4) is 5.75 Å². The summed E-state index contributed by atoms with van der Waals surface area (Å²) in [5.41, 5.74) is 1.39. The molecule has 1 aliphatic carbocycles. The number of benzene rings is 1. The molecule has 1 N–H and O–H groups in total. The summed E-state index contributed by atoms with van der Waals surface area (Å²) >= 11 is 0. The maximum absolute atomic E-state index is 11.7. The van der Waals surface area contributed by atoms with Crippen molar-refractivity contribution in [3.05, 3.63) is 47.3 Å². The molecular formula is C21H26N2O5. The number of aryl methyl sites for hydroxylation is 1. The van der Waals surface area contributed by atoms with Gasteiger partial charge in [-0.2, -0.15) is 0 Å². The van der Waals surface area contributed by atoms with Crippen molar-refractivity contribution in [1.29, 1.82) is 0 Å². The lowest BCUT2D eigenvalue weighted by Crippen LogP contribution is -2.42. The molecule has 0 spiro atoms. The Morgan fingerprint density at radius 1 is 1.29 bits per heavy atom. The molecule has 150 valence electrons. The lowest BCUT2D eigenvalue weighted by molar-refractivity contribution is -0.0231. The number of ether oxygens (including phenoxy) is 2. The lowest BCUT2D eigenvalue weighted by Gasteiger charge is -2.35. The van der Waals surface area contributed by atoms with E-state index in [-0.39, 0.29) is 6.10 Å². The number of hydrogen-bond donors (Lipinski definition) is 1. The zero-order valence-corrected chi connectivity index (χ0v) is 16.2. The number of rotatable bonds is 5. The fourth-order valence-electron chi connectivity index (χ4n) is 4.45. The van der Waals surface area contributed by atoms with Crippen LogP contribution >= 0.6 is 0 Å². The molecule has 1 aromatic carbocycles. The van der Waals surface area contributed by atoms with Gasteiger partial charge in [0.1, 0.15) is 17.6 Å². The van der Waals surface area contributed by atoms with Gasteiger partial charge in [0, 0.05) is 25.7 Å². The first kappa shape index (κ1) is 19.0. The zero-order chi connectivity index (χ0) is 19.7. The summed E-state index contributed by atoms with van der Waals surface area (Å²) < 4.78 is 16.0. The maximum atomic E-state index is 11.7. The van der Waals surface area contributed by atoms with Crippen LogP contribution in [-0.4, -0.2) is 53.5 Å². The molecule has 1 saturated carbocycles. The first-order valence-electron chi connectivity index (χ1n) is 9.69. The SMILES string of the molecule is COC(=O)c1cccc(O[C@@H]2C[C@@H]3CN(Cc4cc(C)on4)C[C@@H]3C[C@H]2O)c1. The highest BCUT2D eigenvalue weighted by molar-refractivity contribution is 5.89. The predicted molar refractivity (Wildman–Crippen MR) is 101 cm³/mol. The van der Waals surface area contributed by atoms with E-state index in [1.807, 2.05) is 13.0 Å². The number of carbonyl (C=O) groups excluding carboxylic acids is 1. The van der Waals surface area contributed by atoms with Crippen LogP contribution in [0.15, 0.2) is 34.9 Å². The molecule has 7 heteroatoms. The number of aliphatic hydroxyl groups is 1. The Hall–Kier alpha value is -2.38. The van der Waals surface area contributed by atoms with Crippen molar-refractivity contribution < 1.29 is 23.9 Å². The average Bonchev–Trinajstić information content (AvgIpc) is 3.26. The van der Waals surface area contributed by atoms with E-state index in [4.69, 9.17) is 14.0 Å². The highest BCUT2D eigenvalue weighted by atomic mass is 16.5. The van der Waals surface area contributed by atoms with Crippen molar-refractivity contribution in [2.24, 2.45) is 11.8 Å². The van der Waals surface area contributed by atoms with Gasteiger partial charge < -0.3 is 19.1 Å². The van der Waals surface area contributed by atoms with Gasteiger partial charge >= 0.3 is 5.97 Å². The number of likely N-dealkylation sites (tertiary alicyclic amines) is 1. The summed E-state index contributed by atoms with van der Waals surface area (Å²) in [5, 5.41) is 14.7. The third-order valence-corrected chi connectivity index (χ3v) is 5.77. The molecule has 1 saturated heterocycles. The van der Waals surface area contributed by atoms with Crippen molar-refractivity contribution in [2.75, 3.05) is 20.2 Å².